The van der Waals surface area contributed by atoms with Gasteiger partial charge in [0.25, 0.3) is 17.3 Å². The number of anilines is 1. The summed E-state index contributed by atoms with van der Waals surface area (Å²) in [6, 6.07) is 3.17. The largest absolute Gasteiger partial charge is 0.491 e. The summed E-state index contributed by atoms with van der Waals surface area (Å²) in [5, 5.41) is 11.1. The molecule has 0 aliphatic heterocycles. The number of nitrogens with one attached hydrogen (secondary N) is 1. The third-order valence-corrected chi connectivity index (χ3v) is 4.00. The van der Waals surface area contributed by atoms with E-state index in [9.17, 15) is 9.59 Å². The molecule has 0 unspecified atom stereocenters. The number of nitrogens with zero attached hydrogens (tertiary/aromatic N) is 6. The standard InChI is InChI=1S/C19H25N7O3/c1-11(2)10-29-14-8-16(28)26(23-17(14)12(3)4)9-15(27)21-18-22-19-20-13(5)6-7-25(19)24-18/h6-8,11-12H,9-10H2,1-5H3,(H,21,24,27). The molecule has 10 heteroatoms. The lowest BCUT2D eigenvalue weighted by atomic mass is 10.1. The van der Waals surface area contributed by atoms with E-state index >= 15 is 0 Å². The second kappa shape index (κ2) is 8.38. The SMILES string of the molecule is Cc1ccn2nc(NC(=O)Cn3nc(C(C)C)c(OCC(C)C)cc3=O)nc2n1. The lowest BCUT2D eigenvalue weighted by molar-refractivity contribution is -0.117. The molecule has 0 fully saturated rings. The van der Waals surface area contributed by atoms with Gasteiger partial charge in [0.2, 0.25) is 5.91 Å². The van der Waals surface area contributed by atoms with Crippen LogP contribution in [0.5, 0.6) is 5.75 Å². The van der Waals surface area contributed by atoms with Crippen molar-refractivity contribution in [1.29, 1.82) is 0 Å². The topological polar surface area (TPSA) is 116 Å². The van der Waals surface area contributed by atoms with Gasteiger partial charge >= 0.3 is 0 Å². The van der Waals surface area contributed by atoms with Gasteiger partial charge in [-0.3, -0.25) is 14.9 Å². The van der Waals surface area contributed by atoms with Gasteiger partial charge < -0.3 is 4.74 Å². The smallest absolute Gasteiger partial charge is 0.270 e. The first-order valence-corrected chi connectivity index (χ1v) is 9.47. The summed E-state index contributed by atoms with van der Waals surface area (Å²) in [6.07, 6.45) is 1.71. The molecule has 3 heterocycles. The van der Waals surface area contributed by atoms with Crippen molar-refractivity contribution in [3.63, 3.8) is 0 Å². The molecule has 3 rings (SSSR count). The van der Waals surface area contributed by atoms with E-state index in [1.807, 2.05) is 34.6 Å². The van der Waals surface area contributed by atoms with Crippen LogP contribution in [-0.4, -0.2) is 41.9 Å². The van der Waals surface area contributed by atoms with Gasteiger partial charge in [0, 0.05) is 23.9 Å². The minimum atomic E-state index is -0.460. The number of aryl methyl sites for hydroxylation is 1. The highest BCUT2D eigenvalue weighted by molar-refractivity contribution is 5.88. The average molecular weight is 399 g/mol. The van der Waals surface area contributed by atoms with Crippen molar-refractivity contribution in [2.75, 3.05) is 11.9 Å². The average Bonchev–Trinajstić information content (AvgIpc) is 3.02. The van der Waals surface area contributed by atoms with Crippen molar-refractivity contribution in [1.82, 2.24) is 29.4 Å². The molecule has 0 atom stereocenters. The Hall–Kier alpha value is -3.30. The second-order valence-electron chi connectivity index (χ2n) is 7.55. The molecule has 0 saturated carbocycles. The minimum Gasteiger partial charge on any atom is -0.491 e. The van der Waals surface area contributed by atoms with Gasteiger partial charge in [-0.05, 0) is 18.9 Å². The van der Waals surface area contributed by atoms with E-state index in [2.05, 4.69) is 25.5 Å². The predicted molar refractivity (Wildman–Crippen MR) is 107 cm³/mol. The Morgan fingerprint density at radius 3 is 2.66 bits per heavy atom. The molecule has 29 heavy (non-hydrogen) atoms. The van der Waals surface area contributed by atoms with Crippen LogP contribution in [-0.2, 0) is 11.3 Å². The van der Waals surface area contributed by atoms with Crippen molar-refractivity contribution in [3.8, 4) is 5.75 Å². The Balaban J connectivity index is 1.78. The number of hydrogen-bond acceptors (Lipinski definition) is 7. The van der Waals surface area contributed by atoms with Gasteiger partial charge in [-0.15, -0.1) is 5.10 Å². The number of fused-ring (bicyclic) bond motifs is 1. The quantitative estimate of drug-likeness (QED) is 0.644. The van der Waals surface area contributed by atoms with Crippen molar-refractivity contribution in [3.05, 3.63) is 40.1 Å². The number of hydrogen-bond donors (Lipinski definition) is 1. The molecule has 1 N–H and O–H groups in total. The summed E-state index contributed by atoms with van der Waals surface area (Å²) in [5.41, 5.74) is 1.01. The molecular weight excluding hydrogens is 374 g/mol. The van der Waals surface area contributed by atoms with Crippen LogP contribution in [0.15, 0.2) is 23.1 Å². The van der Waals surface area contributed by atoms with E-state index in [-0.39, 0.29) is 18.4 Å². The van der Waals surface area contributed by atoms with Gasteiger partial charge in [0.15, 0.2) is 0 Å². The summed E-state index contributed by atoms with van der Waals surface area (Å²) in [5.74, 6) is 0.837. The Labute approximate surface area is 167 Å². The second-order valence-corrected chi connectivity index (χ2v) is 7.55. The zero-order valence-corrected chi connectivity index (χ0v) is 17.2. The number of ether oxygens (including phenoxy) is 1. The molecule has 0 spiro atoms. The molecule has 154 valence electrons. The molecule has 0 radical (unpaired) electrons. The molecule has 1 amide bonds. The Bertz CT molecular complexity index is 1090. The molecular formula is C19H25N7O3. The van der Waals surface area contributed by atoms with Crippen LogP contribution in [0.2, 0.25) is 0 Å². The van der Waals surface area contributed by atoms with E-state index in [4.69, 9.17) is 4.74 Å². The van der Waals surface area contributed by atoms with Crippen LogP contribution in [0.25, 0.3) is 5.78 Å². The van der Waals surface area contributed by atoms with Gasteiger partial charge in [-0.1, -0.05) is 27.7 Å². The zero-order chi connectivity index (χ0) is 21.1. The normalized spacial score (nSPS) is 11.4. The van der Waals surface area contributed by atoms with Crippen molar-refractivity contribution in [2.24, 2.45) is 5.92 Å². The molecule has 3 aromatic rings. The Morgan fingerprint density at radius 1 is 1.21 bits per heavy atom. The van der Waals surface area contributed by atoms with Crippen LogP contribution in [0.3, 0.4) is 0 Å². The molecule has 0 aliphatic rings. The predicted octanol–water partition coefficient (Wildman–Crippen LogP) is 1.79. The third-order valence-electron chi connectivity index (χ3n) is 4.00. The molecule has 0 saturated heterocycles. The van der Waals surface area contributed by atoms with Crippen molar-refractivity contribution in [2.45, 2.75) is 47.1 Å². The monoisotopic (exact) mass is 399 g/mol. The van der Waals surface area contributed by atoms with Gasteiger partial charge in [-0.25, -0.2) is 14.2 Å². The number of aromatic nitrogens is 6. The summed E-state index contributed by atoms with van der Waals surface area (Å²) in [4.78, 5) is 33.2. The zero-order valence-electron chi connectivity index (χ0n) is 17.2. The van der Waals surface area contributed by atoms with Gasteiger partial charge in [-0.2, -0.15) is 10.1 Å². The van der Waals surface area contributed by atoms with Gasteiger partial charge in [0.05, 0.1) is 6.61 Å². The van der Waals surface area contributed by atoms with E-state index in [1.165, 1.54) is 10.6 Å². The highest BCUT2D eigenvalue weighted by Gasteiger charge is 2.17. The van der Waals surface area contributed by atoms with Crippen LogP contribution in [0.1, 0.15) is 45.0 Å². The van der Waals surface area contributed by atoms with Crippen LogP contribution < -0.4 is 15.6 Å². The Morgan fingerprint density at radius 2 is 1.97 bits per heavy atom. The molecule has 0 aliphatic carbocycles. The molecule has 10 nitrogen and oxygen atoms in total. The number of carbonyl (C=O) groups is 1. The van der Waals surface area contributed by atoms with Crippen molar-refractivity contribution >= 4 is 17.6 Å². The number of rotatable bonds is 7. The van der Waals surface area contributed by atoms with Crippen molar-refractivity contribution < 1.29 is 9.53 Å². The van der Waals surface area contributed by atoms with E-state index < -0.39 is 11.5 Å². The number of amides is 1. The fourth-order valence-corrected chi connectivity index (χ4v) is 2.59. The fraction of sp³-hybridized carbons (Fsp3) is 0.474. The maximum Gasteiger partial charge on any atom is 0.270 e. The fourth-order valence-electron chi connectivity index (χ4n) is 2.59. The van der Waals surface area contributed by atoms with Crippen LogP contribution in [0, 0.1) is 12.8 Å². The first-order chi connectivity index (χ1) is 13.7. The number of carbonyl (C=O) groups excluding carboxylic acids is 1. The maximum atomic E-state index is 12.4. The van der Waals surface area contributed by atoms with E-state index in [1.54, 1.807) is 12.3 Å². The first kappa shape index (κ1) is 20.4. The third kappa shape index (κ3) is 4.95. The highest BCUT2D eigenvalue weighted by atomic mass is 16.5. The van der Waals surface area contributed by atoms with E-state index in [0.717, 1.165) is 10.4 Å². The Kier molecular flexibility index (Phi) is 5.90. The van der Waals surface area contributed by atoms with Crippen LogP contribution >= 0.6 is 0 Å². The minimum absolute atomic E-state index is 0.0292. The lowest BCUT2D eigenvalue weighted by Gasteiger charge is -2.16. The van der Waals surface area contributed by atoms with Gasteiger partial charge in [0.1, 0.15) is 18.0 Å². The van der Waals surface area contributed by atoms with Crippen LogP contribution in [0.4, 0.5) is 5.95 Å². The van der Waals surface area contributed by atoms with E-state index in [0.29, 0.717) is 29.7 Å². The molecule has 0 aromatic carbocycles. The summed E-state index contributed by atoms with van der Waals surface area (Å²) < 4.78 is 8.31. The summed E-state index contributed by atoms with van der Waals surface area (Å²) in [6.45, 7) is 10.0. The first-order valence-electron chi connectivity index (χ1n) is 9.47. The summed E-state index contributed by atoms with van der Waals surface area (Å²) in [7, 11) is 0. The molecule has 0 bridgehead atoms. The maximum absolute atomic E-state index is 12.4. The lowest BCUT2D eigenvalue weighted by Crippen LogP contribution is -2.31. The highest BCUT2D eigenvalue weighted by Crippen LogP contribution is 2.22. The molecule has 3 aromatic heterocycles. The summed E-state index contributed by atoms with van der Waals surface area (Å²) >= 11 is 0.